The van der Waals surface area contributed by atoms with E-state index in [1.807, 2.05) is 9.34 Å². The van der Waals surface area contributed by atoms with E-state index in [0.717, 1.165) is 19.5 Å². The van der Waals surface area contributed by atoms with Crippen molar-refractivity contribution in [2.24, 2.45) is 0 Å². The van der Waals surface area contributed by atoms with Crippen LogP contribution in [0.1, 0.15) is 46.5 Å². The molecule has 4 atom stereocenters. The fourth-order valence-electron chi connectivity index (χ4n) is 2.16. The van der Waals surface area contributed by atoms with E-state index < -0.39 is 7.67 Å². The Balaban J connectivity index is 1.79. The Morgan fingerprint density at radius 1 is 1.12 bits per heavy atom. The second kappa shape index (κ2) is 5.40. The van der Waals surface area contributed by atoms with Gasteiger partial charge in [-0.2, -0.15) is 0 Å². The van der Waals surface area contributed by atoms with E-state index in [4.69, 9.17) is 4.52 Å². The molecule has 0 bridgehead atoms. The molecule has 0 aliphatic carbocycles. The summed E-state index contributed by atoms with van der Waals surface area (Å²) in [4.78, 5) is 0. The van der Waals surface area contributed by atoms with Crippen molar-refractivity contribution in [1.82, 2.24) is 9.34 Å². The van der Waals surface area contributed by atoms with Gasteiger partial charge in [0.25, 0.3) is 0 Å². The lowest BCUT2D eigenvalue weighted by Crippen LogP contribution is -2.11. The molecular weight excluding hydrogens is 235 g/mol. The maximum absolute atomic E-state index is 12.8. The Morgan fingerprint density at radius 3 is 2.06 bits per heavy atom. The lowest BCUT2D eigenvalue weighted by Gasteiger charge is -2.21. The Morgan fingerprint density at radius 2 is 1.65 bits per heavy atom. The normalized spacial score (nSPS) is 38.8. The van der Waals surface area contributed by atoms with Crippen molar-refractivity contribution in [3.05, 3.63) is 0 Å². The summed E-state index contributed by atoms with van der Waals surface area (Å²) in [5.74, 6) is 0. The second-order valence-corrected chi connectivity index (χ2v) is 7.59. The number of hydrogen-bond acceptors (Lipinski definition) is 2. The third-order valence-electron chi connectivity index (χ3n) is 3.56. The summed E-state index contributed by atoms with van der Waals surface area (Å²) in [6.45, 7) is 8.91. The molecule has 0 amide bonds. The fourth-order valence-corrected chi connectivity index (χ4v) is 5.00. The Kier molecular flexibility index (Phi) is 4.30. The van der Waals surface area contributed by atoms with Crippen molar-refractivity contribution in [1.29, 1.82) is 0 Å². The number of hydrogen-bond donors (Lipinski definition) is 0. The van der Waals surface area contributed by atoms with Crippen molar-refractivity contribution in [2.45, 2.75) is 58.5 Å². The first kappa shape index (κ1) is 13.5. The molecule has 2 heterocycles. The van der Waals surface area contributed by atoms with E-state index in [2.05, 4.69) is 20.8 Å². The molecule has 17 heavy (non-hydrogen) atoms. The van der Waals surface area contributed by atoms with E-state index in [-0.39, 0.29) is 0 Å². The summed E-state index contributed by atoms with van der Waals surface area (Å²) in [5, 5.41) is 0. The van der Waals surface area contributed by atoms with Gasteiger partial charge in [-0.25, -0.2) is 9.34 Å². The molecule has 2 saturated heterocycles. The van der Waals surface area contributed by atoms with Crippen LogP contribution in [-0.4, -0.2) is 41.1 Å². The van der Waals surface area contributed by atoms with Crippen molar-refractivity contribution in [3.63, 3.8) is 0 Å². The van der Waals surface area contributed by atoms with Crippen LogP contribution in [0.15, 0.2) is 0 Å². The maximum Gasteiger partial charge on any atom is 0.346 e. The van der Waals surface area contributed by atoms with E-state index in [0.29, 0.717) is 18.7 Å². The standard InChI is InChI=1S/C12H25N2O2P/c1-4-5-6-7-8-16-17(15,13-9-11(13)2)14-10-12(14)3/h11-12H,4-10H2,1-3H3. The van der Waals surface area contributed by atoms with E-state index in [1.54, 1.807) is 0 Å². The summed E-state index contributed by atoms with van der Waals surface area (Å²) in [7, 11) is -2.64. The predicted molar refractivity (Wildman–Crippen MR) is 70.0 cm³/mol. The van der Waals surface area contributed by atoms with Gasteiger partial charge in [-0.1, -0.05) is 26.2 Å². The highest BCUT2D eigenvalue weighted by atomic mass is 31.2. The monoisotopic (exact) mass is 260 g/mol. The maximum atomic E-state index is 12.8. The molecule has 5 heteroatoms. The molecule has 4 nitrogen and oxygen atoms in total. The molecule has 0 N–H and O–H groups in total. The van der Waals surface area contributed by atoms with Gasteiger partial charge in [0.05, 0.1) is 6.61 Å². The molecule has 0 aromatic heterocycles. The summed E-state index contributed by atoms with van der Waals surface area (Å²) in [6.07, 6.45) is 4.68. The van der Waals surface area contributed by atoms with Gasteiger partial charge in [0.2, 0.25) is 0 Å². The molecule has 0 aromatic rings. The first-order chi connectivity index (χ1) is 8.09. The third kappa shape index (κ3) is 3.11. The second-order valence-electron chi connectivity index (χ2n) is 5.33. The lowest BCUT2D eigenvalue weighted by atomic mass is 10.2. The van der Waals surface area contributed by atoms with Gasteiger partial charge < -0.3 is 4.52 Å². The first-order valence-electron chi connectivity index (χ1n) is 6.88. The highest BCUT2D eigenvalue weighted by Gasteiger charge is 2.56. The smallest absolute Gasteiger partial charge is 0.306 e. The average Bonchev–Trinajstić information content (AvgIpc) is 3.17. The molecule has 4 unspecified atom stereocenters. The molecule has 0 saturated carbocycles. The summed E-state index contributed by atoms with van der Waals surface area (Å²) < 4.78 is 22.6. The molecule has 2 rings (SSSR count). The van der Waals surface area contributed by atoms with Crippen LogP contribution in [0.4, 0.5) is 0 Å². The SMILES string of the molecule is CCCCCCOP(=O)(N1CC1C)N1CC1C. The summed E-state index contributed by atoms with van der Waals surface area (Å²) in [5.41, 5.74) is 0. The van der Waals surface area contributed by atoms with Crippen LogP contribution in [0.5, 0.6) is 0 Å². The molecule has 2 aliphatic rings. The van der Waals surface area contributed by atoms with Crippen LogP contribution in [0.25, 0.3) is 0 Å². The van der Waals surface area contributed by atoms with Gasteiger partial charge >= 0.3 is 7.67 Å². The third-order valence-corrected chi connectivity index (χ3v) is 6.49. The van der Waals surface area contributed by atoms with Crippen molar-refractivity contribution in [3.8, 4) is 0 Å². The lowest BCUT2D eigenvalue weighted by molar-refractivity contribution is 0.261. The fraction of sp³-hybridized carbons (Fsp3) is 1.00. The molecule has 0 radical (unpaired) electrons. The number of rotatable bonds is 8. The zero-order valence-electron chi connectivity index (χ0n) is 11.3. The van der Waals surface area contributed by atoms with Gasteiger partial charge in [-0.3, -0.25) is 4.57 Å². The van der Waals surface area contributed by atoms with E-state index in [9.17, 15) is 4.57 Å². The largest absolute Gasteiger partial charge is 0.346 e. The quantitative estimate of drug-likeness (QED) is 0.381. The summed E-state index contributed by atoms with van der Waals surface area (Å²) >= 11 is 0. The molecule has 2 aliphatic heterocycles. The highest BCUT2D eigenvalue weighted by molar-refractivity contribution is 7.54. The van der Waals surface area contributed by atoms with Crippen LogP contribution in [0.2, 0.25) is 0 Å². The molecule has 100 valence electrons. The summed E-state index contributed by atoms with van der Waals surface area (Å²) in [6, 6.07) is 0.869. The molecule has 0 spiro atoms. The minimum Gasteiger partial charge on any atom is -0.306 e. The number of nitrogens with zero attached hydrogens (tertiary/aromatic N) is 2. The van der Waals surface area contributed by atoms with E-state index in [1.165, 1.54) is 19.3 Å². The van der Waals surface area contributed by atoms with Crippen molar-refractivity contribution in [2.75, 3.05) is 19.7 Å². The van der Waals surface area contributed by atoms with Gasteiger partial charge in [-0.15, -0.1) is 0 Å². The van der Waals surface area contributed by atoms with Crippen LogP contribution in [0, 0.1) is 0 Å². The van der Waals surface area contributed by atoms with Gasteiger partial charge in [0.15, 0.2) is 0 Å². The Hall–Kier alpha value is 0.110. The van der Waals surface area contributed by atoms with Crippen molar-refractivity contribution < 1.29 is 9.09 Å². The van der Waals surface area contributed by atoms with Crippen LogP contribution in [-0.2, 0) is 9.09 Å². The van der Waals surface area contributed by atoms with Gasteiger partial charge in [-0.05, 0) is 20.3 Å². The predicted octanol–water partition coefficient (Wildman–Crippen LogP) is 3.10. The molecule has 2 fully saturated rings. The molecular formula is C12H25N2O2P. The molecule has 0 aromatic carbocycles. The van der Waals surface area contributed by atoms with E-state index >= 15 is 0 Å². The van der Waals surface area contributed by atoms with Gasteiger partial charge in [0, 0.05) is 25.2 Å². The zero-order valence-corrected chi connectivity index (χ0v) is 12.2. The highest BCUT2D eigenvalue weighted by Crippen LogP contribution is 2.64. The van der Waals surface area contributed by atoms with Crippen LogP contribution in [0.3, 0.4) is 0 Å². The van der Waals surface area contributed by atoms with Gasteiger partial charge in [0.1, 0.15) is 0 Å². The van der Waals surface area contributed by atoms with Crippen LogP contribution < -0.4 is 0 Å². The first-order valence-corrected chi connectivity index (χ1v) is 8.41. The van der Waals surface area contributed by atoms with Crippen molar-refractivity contribution >= 4 is 7.67 Å². The topological polar surface area (TPSA) is 32.3 Å². The van der Waals surface area contributed by atoms with Crippen LogP contribution >= 0.6 is 7.67 Å². The Labute approximate surface area is 105 Å². The minimum atomic E-state index is -2.64. The minimum absolute atomic E-state index is 0.435. The average molecular weight is 260 g/mol. The Bertz CT molecular complexity index is 291. The number of unbranched alkanes of at least 4 members (excludes halogenated alkanes) is 3. The zero-order chi connectivity index (χ0) is 12.5.